The third kappa shape index (κ3) is 3.44. The quantitative estimate of drug-likeness (QED) is 0.932. The van der Waals surface area contributed by atoms with Gasteiger partial charge in [0, 0.05) is 30.4 Å². The molecule has 5 nitrogen and oxygen atoms in total. The lowest BCUT2D eigenvalue weighted by atomic mass is 9.93. The van der Waals surface area contributed by atoms with Crippen molar-refractivity contribution in [3.63, 3.8) is 0 Å². The molecule has 0 aliphatic carbocycles. The summed E-state index contributed by atoms with van der Waals surface area (Å²) < 4.78 is 2.85. The maximum absolute atomic E-state index is 12.4. The summed E-state index contributed by atoms with van der Waals surface area (Å²) in [5.74, 6) is 0.536. The first-order valence-electron chi connectivity index (χ1n) is 7.38. The van der Waals surface area contributed by atoms with Gasteiger partial charge in [-0.25, -0.2) is 9.78 Å². The van der Waals surface area contributed by atoms with Crippen LogP contribution < -0.4 is 5.32 Å². The van der Waals surface area contributed by atoms with Crippen LogP contribution in [0, 0.1) is 5.92 Å². The van der Waals surface area contributed by atoms with Crippen LogP contribution in [0.3, 0.4) is 0 Å². The van der Waals surface area contributed by atoms with Gasteiger partial charge in [0.05, 0.1) is 23.3 Å². The molecule has 1 fully saturated rings. The molecular formula is C15H19ClN4OS. The molecule has 22 heavy (non-hydrogen) atoms. The molecule has 0 spiro atoms. The van der Waals surface area contributed by atoms with E-state index >= 15 is 0 Å². The zero-order valence-corrected chi connectivity index (χ0v) is 14.0. The summed E-state index contributed by atoms with van der Waals surface area (Å²) in [7, 11) is 0. The van der Waals surface area contributed by atoms with Crippen molar-refractivity contribution in [2.45, 2.75) is 25.9 Å². The maximum Gasteiger partial charge on any atom is 0.317 e. The Kier molecular flexibility index (Phi) is 4.69. The lowest BCUT2D eigenvalue weighted by Gasteiger charge is -2.37. The highest BCUT2D eigenvalue weighted by atomic mass is 35.5. The average Bonchev–Trinajstić information content (AvgIpc) is 3.17. The standard InChI is InChI=1S/C15H19ClN4OS/c1-11-4-6-19(9-13(11)20-7-5-17-10-20)15(21)18-8-12-2-3-14(16)22-12/h2-3,5,7,10-11,13H,4,6,8-9H2,1H3,(H,18,21)/t11-,13+/m0/s1. The number of amides is 2. The fourth-order valence-electron chi connectivity index (χ4n) is 2.81. The molecule has 0 saturated carbocycles. The van der Waals surface area contributed by atoms with E-state index in [1.165, 1.54) is 11.3 Å². The molecular weight excluding hydrogens is 320 g/mol. The predicted molar refractivity (Wildman–Crippen MR) is 88.2 cm³/mol. The first-order chi connectivity index (χ1) is 10.6. The van der Waals surface area contributed by atoms with Crippen LogP contribution in [0.2, 0.25) is 4.34 Å². The van der Waals surface area contributed by atoms with Crippen molar-refractivity contribution in [2.24, 2.45) is 5.92 Å². The molecule has 0 unspecified atom stereocenters. The number of thiophene rings is 1. The minimum Gasteiger partial charge on any atom is -0.333 e. The highest BCUT2D eigenvalue weighted by Crippen LogP contribution is 2.27. The molecule has 0 radical (unpaired) electrons. The number of nitrogens with one attached hydrogen (secondary N) is 1. The van der Waals surface area contributed by atoms with Crippen molar-refractivity contribution in [3.8, 4) is 0 Å². The number of hydrogen-bond acceptors (Lipinski definition) is 3. The zero-order valence-electron chi connectivity index (χ0n) is 12.4. The highest BCUT2D eigenvalue weighted by Gasteiger charge is 2.29. The topological polar surface area (TPSA) is 50.2 Å². The fraction of sp³-hybridized carbons (Fsp3) is 0.467. The molecule has 1 N–H and O–H groups in total. The van der Waals surface area contributed by atoms with Crippen molar-refractivity contribution in [1.29, 1.82) is 0 Å². The number of nitrogens with zero attached hydrogens (tertiary/aromatic N) is 3. The normalized spacial score (nSPS) is 21.8. The number of urea groups is 1. The Morgan fingerprint density at radius 3 is 3.09 bits per heavy atom. The van der Waals surface area contributed by atoms with Crippen LogP contribution >= 0.6 is 22.9 Å². The summed E-state index contributed by atoms with van der Waals surface area (Å²) in [6, 6.07) is 4.07. The summed E-state index contributed by atoms with van der Waals surface area (Å²) in [5.41, 5.74) is 0. The summed E-state index contributed by atoms with van der Waals surface area (Å²) in [6.45, 7) is 4.27. The largest absolute Gasteiger partial charge is 0.333 e. The monoisotopic (exact) mass is 338 g/mol. The maximum atomic E-state index is 12.4. The first kappa shape index (κ1) is 15.4. The molecule has 1 aliphatic heterocycles. The van der Waals surface area contributed by atoms with Gasteiger partial charge in [-0.3, -0.25) is 0 Å². The number of carbonyl (C=O) groups excluding carboxylic acids is 1. The van der Waals surface area contributed by atoms with Gasteiger partial charge in [-0.05, 0) is 24.5 Å². The van der Waals surface area contributed by atoms with Gasteiger partial charge < -0.3 is 14.8 Å². The molecule has 0 bridgehead atoms. The minimum absolute atomic E-state index is 0.0125. The van der Waals surface area contributed by atoms with Crippen molar-refractivity contribution >= 4 is 29.0 Å². The van der Waals surface area contributed by atoms with E-state index in [1.807, 2.05) is 29.6 Å². The van der Waals surface area contributed by atoms with Crippen molar-refractivity contribution in [2.75, 3.05) is 13.1 Å². The molecule has 3 rings (SSSR count). The van der Waals surface area contributed by atoms with Crippen LogP contribution in [-0.4, -0.2) is 33.6 Å². The van der Waals surface area contributed by atoms with Gasteiger partial charge >= 0.3 is 6.03 Å². The van der Waals surface area contributed by atoms with E-state index in [2.05, 4.69) is 21.8 Å². The Bertz CT molecular complexity index is 627. The van der Waals surface area contributed by atoms with Crippen LogP contribution in [-0.2, 0) is 6.54 Å². The Balaban J connectivity index is 1.58. The molecule has 3 heterocycles. The number of aromatic nitrogens is 2. The Hall–Kier alpha value is -1.53. The van der Waals surface area contributed by atoms with Crippen molar-refractivity contribution < 1.29 is 4.79 Å². The SMILES string of the molecule is C[C@H]1CCN(C(=O)NCc2ccc(Cl)s2)C[C@H]1n1ccnc1. The lowest BCUT2D eigenvalue weighted by molar-refractivity contribution is 0.140. The van der Waals surface area contributed by atoms with Gasteiger partial charge in [0.1, 0.15) is 0 Å². The van der Waals surface area contributed by atoms with Crippen molar-refractivity contribution in [1.82, 2.24) is 19.8 Å². The Labute approximate surface area is 138 Å². The molecule has 2 aromatic heterocycles. The average molecular weight is 339 g/mol. The van der Waals surface area contributed by atoms with Gasteiger partial charge in [0.15, 0.2) is 0 Å². The van der Waals surface area contributed by atoms with E-state index in [0.29, 0.717) is 19.0 Å². The number of imidazole rings is 1. The van der Waals surface area contributed by atoms with E-state index in [-0.39, 0.29) is 12.1 Å². The van der Waals surface area contributed by atoms with E-state index in [1.54, 1.807) is 6.20 Å². The van der Waals surface area contributed by atoms with E-state index in [0.717, 1.165) is 22.2 Å². The number of carbonyl (C=O) groups is 1. The minimum atomic E-state index is -0.0125. The van der Waals surface area contributed by atoms with Crippen LogP contribution in [0.1, 0.15) is 24.3 Å². The van der Waals surface area contributed by atoms with Crippen LogP contribution in [0.4, 0.5) is 4.79 Å². The van der Waals surface area contributed by atoms with Gasteiger partial charge in [-0.1, -0.05) is 18.5 Å². The second-order valence-corrected chi connectivity index (χ2v) is 7.45. The predicted octanol–water partition coefficient (Wildman–Crippen LogP) is 3.39. The van der Waals surface area contributed by atoms with Crippen molar-refractivity contribution in [3.05, 3.63) is 40.1 Å². The van der Waals surface area contributed by atoms with E-state index < -0.39 is 0 Å². The summed E-state index contributed by atoms with van der Waals surface area (Å²) in [6.07, 6.45) is 6.58. The van der Waals surface area contributed by atoms with Gasteiger partial charge in [0.25, 0.3) is 0 Å². The first-order valence-corrected chi connectivity index (χ1v) is 8.57. The number of rotatable bonds is 3. The molecule has 0 aromatic carbocycles. The van der Waals surface area contributed by atoms with Gasteiger partial charge in [0.2, 0.25) is 0 Å². The number of halogens is 1. The number of hydrogen-bond donors (Lipinski definition) is 1. The zero-order chi connectivity index (χ0) is 15.5. The molecule has 2 atom stereocenters. The van der Waals surface area contributed by atoms with Crippen LogP contribution in [0.5, 0.6) is 0 Å². The van der Waals surface area contributed by atoms with Crippen LogP contribution in [0.25, 0.3) is 0 Å². The molecule has 2 aromatic rings. The lowest BCUT2D eigenvalue weighted by Crippen LogP contribution is -2.47. The Morgan fingerprint density at radius 2 is 2.41 bits per heavy atom. The Morgan fingerprint density at radius 1 is 1.55 bits per heavy atom. The molecule has 1 aliphatic rings. The van der Waals surface area contributed by atoms with Gasteiger partial charge in [-0.15, -0.1) is 11.3 Å². The summed E-state index contributed by atoms with van der Waals surface area (Å²) in [5, 5.41) is 2.98. The third-order valence-electron chi connectivity index (χ3n) is 4.16. The van der Waals surface area contributed by atoms with E-state index in [4.69, 9.17) is 11.6 Å². The fourth-order valence-corrected chi connectivity index (χ4v) is 3.84. The summed E-state index contributed by atoms with van der Waals surface area (Å²) >= 11 is 7.40. The highest BCUT2D eigenvalue weighted by molar-refractivity contribution is 7.16. The molecule has 118 valence electrons. The number of likely N-dealkylation sites (tertiary alicyclic amines) is 1. The molecule has 7 heteroatoms. The smallest absolute Gasteiger partial charge is 0.317 e. The summed E-state index contributed by atoms with van der Waals surface area (Å²) in [4.78, 5) is 19.4. The van der Waals surface area contributed by atoms with Gasteiger partial charge in [-0.2, -0.15) is 0 Å². The second-order valence-electron chi connectivity index (χ2n) is 5.65. The van der Waals surface area contributed by atoms with Crippen LogP contribution in [0.15, 0.2) is 30.9 Å². The third-order valence-corrected chi connectivity index (χ3v) is 5.39. The molecule has 2 amide bonds. The molecule has 1 saturated heterocycles. The number of piperidine rings is 1. The van der Waals surface area contributed by atoms with E-state index in [9.17, 15) is 4.79 Å². The second kappa shape index (κ2) is 6.71.